The van der Waals surface area contributed by atoms with E-state index in [9.17, 15) is 0 Å². The zero-order valence-electron chi connectivity index (χ0n) is 16.1. The molecule has 3 aromatic carbocycles. The maximum absolute atomic E-state index is 2.34. The van der Waals surface area contributed by atoms with E-state index in [2.05, 4.69) is 96.1 Å². The first kappa shape index (κ1) is 17.9. The lowest BCUT2D eigenvalue weighted by Crippen LogP contribution is -2.25. The number of hydrogen-bond acceptors (Lipinski definition) is 0. The second kappa shape index (κ2) is 7.14. The Balaban J connectivity index is 2.27. The molecular weight excluding hydrogens is 319 g/mol. The standard InChI is InChI=1S/C24H27P/c1-16-7-10-22(19(4)13-16)25(23-11-8-17(2)14-20(23)5)24-12-9-18(3)15-21(24)6/h7-15H,1-6H3. The Labute approximate surface area is 153 Å². The van der Waals surface area contributed by atoms with Gasteiger partial charge in [0, 0.05) is 0 Å². The van der Waals surface area contributed by atoms with Gasteiger partial charge in [0.05, 0.1) is 0 Å². The summed E-state index contributed by atoms with van der Waals surface area (Å²) in [5.74, 6) is 0. The van der Waals surface area contributed by atoms with E-state index in [1.165, 1.54) is 49.3 Å². The van der Waals surface area contributed by atoms with Gasteiger partial charge in [-0.15, -0.1) is 0 Å². The van der Waals surface area contributed by atoms with Crippen LogP contribution < -0.4 is 15.9 Å². The molecular formula is C24H27P. The van der Waals surface area contributed by atoms with Crippen molar-refractivity contribution in [3.63, 3.8) is 0 Å². The number of hydrogen-bond donors (Lipinski definition) is 0. The Morgan fingerprint density at radius 3 is 0.960 bits per heavy atom. The minimum atomic E-state index is -0.546. The molecule has 0 saturated carbocycles. The number of rotatable bonds is 3. The molecule has 0 N–H and O–H groups in total. The van der Waals surface area contributed by atoms with Crippen LogP contribution in [-0.4, -0.2) is 0 Å². The smallest absolute Gasteiger partial charge is 0.0122 e. The summed E-state index contributed by atoms with van der Waals surface area (Å²) in [5.41, 5.74) is 8.18. The highest BCUT2D eigenvalue weighted by Crippen LogP contribution is 2.37. The van der Waals surface area contributed by atoms with Gasteiger partial charge in [0.25, 0.3) is 0 Å². The zero-order valence-corrected chi connectivity index (χ0v) is 17.0. The van der Waals surface area contributed by atoms with Gasteiger partial charge in [-0.1, -0.05) is 71.3 Å². The van der Waals surface area contributed by atoms with Gasteiger partial charge in [-0.3, -0.25) is 0 Å². The molecule has 0 spiro atoms. The van der Waals surface area contributed by atoms with E-state index in [1.807, 2.05) is 0 Å². The fourth-order valence-corrected chi connectivity index (χ4v) is 6.26. The van der Waals surface area contributed by atoms with Crippen LogP contribution in [0.2, 0.25) is 0 Å². The van der Waals surface area contributed by atoms with Crippen molar-refractivity contribution in [3.05, 3.63) is 88.0 Å². The summed E-state index contributed by atoms with van der Waals surface area (Å²) in [6, 6.07) is 20.7. The molecule has 0 saturated heterocycles. The Hall–Kier alpha value is -1.91. The third kappa shape index (κ3) is 3.70. The fourth-order valence-electron chi connectivity index (χ4n) is 3.56. The third-order valence-corrected chi connectivity index (χ3v) is 7.73. The Morgan fingerprint density at radius 2 is 0.720 bits per heavy atom. The molecule has 0 amide bonds. The van der Waals surface area contributed by atoms with E-state index in [0.29, 0.717) is 0 Å². The highest BCUT2D eigenvalue weighted by atomic mass is 31.1. The van der Waals surface area contributed by atoms with Gasteiger partial charge in [0.1, 0.15) is 0 Å². The summed E-state index contributed by atoms with van der Waals surface area (Å²) < 4.78 is 0. The van der Waals surface area contributed by atoms with E-state index < -0.39 is 7.92 Å². The highest BCUT2D eigenvalue weighted by Gasteiger charge is 2.21. The van der Waals surface area contributed by atoms with Gasteiger partial charge in [-0.25, -0.2) is 0 Å². The van der Waals surface area contributed by atoms with Gasteiger partial charge in [-0.2, -0.15) is 0 Å². The van der Waals surface area contributed by atoms with Crippen molar-refractivity contribution in [3.8, 4) is 0 Å². The molecule has 0 atom stereocenters. The SMILES string of the molecule is Cc1ccc(P(c2ccc(C)cc2C)c2ccc(C)cc2C)c(C)c1. The highest BCUT2D eigenvalue weighted by molar-refractivity contribution is 7.80. The molecule has 0 aliphatic heterocycles. The molecule has 0 bridgehead atoms. The predicted molar refractivity (Wildman–Crippen MR) is 114 cm³/mol. The van der Waals surface area contributed by atoms with Gasteiger partial charge in [0.15, 0.2) is 0 Å². The average Bonchev–Trinajstić information content (AvgIpc) is 2.52. The lowest BCUT2D eigenvalue weighted by molar-refractivity contribution is 1.40. The van der Waals surface area contributed by atoms with Crippen LogP contribution in [0.3, 0.4) is 0 Å². The maximum Gasteiger partial charge on any atom is -0.0122 e. The molecule has 0 unspecified atom stereocenters. The van der Waals surface area contributed by atoms with Crippen LogP contribution in [0.1, 0.15) is 33.4 Å². The zero-order chi connectivity index (χ0) is 18.1. The Kier molecular flexibility index (Phi) is 5.11. The van der Waals surface area contributed by atoms with E-state index >= 15 is 0 Å². The first-order valence-electron chi connectivity index (χ1n) is 8.88. The van der Waals surface area contributed by atoms with Crippen LogP contribution in [0.4, 0.5) is 0 Å². The van der Waals surface area contributed by atoms with Crippen LogP contribution in [0.25, 0.3) is 0 Å². The maximum atomic E-state index is 2.34. The van der Waals surface area contributed by atoms with Crippen LogP contribution >= 0.6 is 7.92 Å². The second-order valence-corrected chi connectivity index (χ2v) is 9.32. The first-order valence-corrected chi connectivity index (χ1v) is 10.2. The molecule has 0 heterocycles. The summed E-state index contributed by atoms with van der Waals surface area (Å²) in [5, 5.41) is 4.42. The fraction of sp³-hybridized carbons (Fsp3) is 0.250. The van der Waals surface area contributed by atoms with Crippen molar-refractivity contribution in [2.24, 2.45) is 0 Å². The molecule has 0 aliphatic rings. The topological polar surface area (TPSA) is 0 Å². The quantitative estimate of drug-likeness (QED) is 0.565. The molecule has 3 aromatic rings. The molecule has 0 radical (unpaired) electrons. The summed E-state index contributed by atoms with van der Waals surface area (Å²) in [7, 11) is -0.546. The van der Waals surface area contributed by atoms with Crippen molar-refractivity contribution in [2.75, 3.05) is 0 Å². The Bertz CT molecular complexity index is 799. The van der Waals surface area contributed by atoms with E-state index in [-0.39, 0.29) is 0 Å². The average molecular weight is 346 g/mol. The predicted octanol–water partition coefficient (Wildman–Crippen LogP) is 5.30. The van der Waals surface area contributed by atoms with Gasteiger partial charge < -0.3 is 0 Å². The molecule has 0 nitrogen and oxygen atoms in total. The summed E-state index contributed by atoms with van der Waals surface area (Å²) in [6.45, 7) is 13.3. The molecule has 0 fully saturated rings. The second-order valence-electron chi connectivity index (χ2n) is 7.21. The molecule has 0 aromatic heterocycles. The summed E-state index contributed by atoms with van der Waals surface area (Å²) >= 11 is 0. The van der Waals surface area contributed by atoms with Gasteiger partial charge in [-0.05, 0) is 82.1 Å². The summed E-state index contributed by atoms with van der Waals surface area (Å²) in [4.78, 5) is 0. The molecule has 0 aliphatic carbocycles. The summed E-state index contributed by atoms with van der Waals surface area (Å²) in [6.07, 6.45) is 0. The minimum Gasteiger partial charge on any atom is -0.0586 e. The van der Waals surface area contributed by atoms with Crippen molar-refractivity contribution in [2.45, 2.75) is 41.5 Å². The van der Waals surface area contributed by atoms with Crippen LogP contribution in [0, 0.1) is 41.5 Å². The minimum absolute atomic E-state index is 0.546. The largest absolute Gasteiger partial charge is 0.0586 e. The molecule has 25 heavy (non-hydrogen) atoms. The van der Waals surface area contributed by atoms with Crippen LogP contribution in [0.5, 0.6) is 0 Å². The number of aryl methyl sites for hydroxylation is 6. The van der Waals surface area contributed by atoms with Crippen molar-refractivity contribution < 1.29 is 0 Å². The van der Waals surface area contributed by atoms with Crippen molar-refractivity contribution >= 4 is 23.8 Å². The third-order valence-electron chi connectivity index (χ3n) is 4.78. The molecule has 3 rings (SSSR count). The van der Waals surface area contributed by atoms with E-state index in [1.54, 1.807) is 0 Å². The normalized spacial score (nSPS) is 11.2. The number of benzene rings is 3. The van der Waals surface area contributed by atoms with Gasteiger partial charge in [0.2, 0.25) is 0 Å². The monoisotopic (exact) mass is 346 g/mol. The lowest BCUT2D eigenvalue weighted by atomic mass is 10.1. The molecule has 1 heteroatoms. The lowest BCUT2D eigenvalue weighted by Gasteiger charge is -2.25. The van der Waals surface area contributed by atoms with Crippen molar-refractivity contribution in [1.82, 2.24) is 0 Å². The first-order chi connectivity index (χ1) is 11.9. The van der Waals surface area contributed by atoms with Crippen LogP contribution in [-0.2, 0) is 0 Å². The van der Waals surface area contributed by atoms with E-state index in [0.717, 1.165) is 0 Å². The Morgan fingerprint density at radius 1 is 0.440 bits per heavy atom. The molecule has 128 valence electrons. The van der Waals surface area contributed by atoms with Gasteiger partial charge >= 0.3 is 0 Å². The van der Waals surface area contributed by atoms with Crippen molar-refractivity contribution in [1.29, 1.82) is 0 Å². The van der Waals surface area contributed by atoms with E-state index in [4.69, 9.17) is 0 Å². The van der Waals surface area contributed by atoms with Crippen LogP contribution in [0.15, 0.2) is 54.6 Å².